The van der Waals surface area contributed by atoms with E-state index in [0.29, 0.717) is 23.0 Å². The number of rotatable bonds is 9. The van der Waals surface area contributed by atoms with E-state index in [0.717, 1.165) is 16.2 Å². The second-order valence-corrected chi connectivity index (χ2v) is 11.3. The molecule has 156 valence electrons. The lowest BCUT2D eigenvalue weighted by molar-refractivity contribution is -0.144. The minimum absolute atomic E-state index is 0.190. The van der Waals surface area contributed by atoms with Gasteiger partial charge in [0.05, 0.1) is 17.1 Å². The molecular weight excluding hydrogens is 440 g/mol. The minimum Gasteiger partial charge on any atom is -0.460 e. The van der Waals surface area contributed by atoms with Crippen LogP contribution in [0.2, 0.25) is 0 Å². The van der Waals surface area contributed by atoms with E-state index < -0.39 is 9.84 Å². The summed E-state index contributed by atoms with van der Waals surface area (Å²) in [6.07, 6.45) is 0.192. The number of benzene rings is 2. The van der Waals surface area contributed by atoms with Crippen LogP contribution in [0.15, 0.2) is 70.9 Å². The summed E-state index contributed by atoms with van der Waals surface area (Å²) in [4.78, 5) is 13.3. The zero-order valence-corrected chi connectivity index (χ0v) is 18.5. The molecule has 4 rings (SSSR count). The molecule has 1 aliphatic rings. The SMILES string of the molecule is O=C(Cc1ccc(Oc2ccc(S(=O)(=O)CC3CS3)cc2)cc1)OCc1cccs1. The van der Waals surface area contributed by atoms with E-state index in [2.05, 4.69) is 0 Å². The van der Waals surface area contributed by atoms with E-state index in [9.17, 15) is 13.2 Å². The highest BCUT2D eigenvalue weighted by Gasteiger charge is 2.29. The first-order valence-electron chi connectivity index (χ1n) is 9.37. The largest absolute Gasteiger partial charge is 0.460 e. The zero-order valence-electron chi connectivity index (χ0n) is 16.0. The van der Waals surface area contributed by atoms with Crippen LogP contribution in [0.3, 0.4) is 0 Å². The molecule has 0 N–H and O–H groups in total. The van der Waals surface area contributed by atoms with Gasteiger partial charge in [0.2, 0.25) is 0 Å². The van der Waals surface area contributed by atoms with Gasteiger partial charge in [-0.2, -0.15) is 11.8 Å². The fourth-order valence-electron chi connectivity index (χ4n) is 2.80. The molecule has 0 radical (unpaired) electrons. The number of carbonyl (C=O) groups excluding carboxylic acids is 1. The highest BCUT2D eigenvalue weighted by atomic mass is 32.2. The average Bonchev–Trinajstić information content (AvgIpc) is 3.37. The van der Waals surface area contributed by atoms with Crippen LogP contribution >= 0.6 is 23.1 Å². The van der Waals surface area contributed by atoms with Gasteiger partial charge in [-0.3, -0.25) is 4.79 Å². The highest BCUT2D eigenvalue weighted by Crippen LogP contribution is 2.33. The summed E-state index contributed by atoms with van der Waals surface area (Å²) >= 11 is 3.22. The van der Waals surface area contributed by atoms with Crippen LogP contribution in [0.25, 0.3) is 0 Å². The van der Waals surface area contributed by atoms with Crippen LogP contribution in [-0.2, 0) is 32.4 Å². The molecule has 5 nitrogen and oxygen atoms in total. The van der Waals surface area contributed by atoms with Crippen LogP contribution in [0.4, 0.5) is 0 Å². The first-order valence-corrected chi connectivity index (χ1v) is 13.0. The molecule has 1 saturated heterocycles. The summed E-state index contributed by atoms with van der Waals surface area (Å²) in [5.41, 5.74) is 0.831. The van der Waals surface area contributed by atoms with E-state index in [1.165, 1.54) is 0 Å². The molecule has 1 aliphatic heterocycles. The summed E-state index contributed by atoms with van der Waals surface area (Å²) in [5, 5.41) is 2.18. The zero-order chi connectivity index (χ0) is 21.0. The number of thiophene rings is 1. The Morgan fingerprint density at radius 2 is 1.67 bits per heavy atom. The summed E-state index contributed by atoms with van der Waals surface area (Å²) in [5.74, 6) is 1.99. The molecule has 1 fully saturated rings. The lowest BCUT2D eigenvalue weighted by atomic mass is 10.1. The van der Waals surface area contributed by atoms with Crippen molar-refractivity contribution in [3.8, 4) is 11.5 Å². The van der Waals surface area contributed by atoms with Crippen molar-refractivity contribution in [2.75, 3.05) is 11.5 Å². The summed E-state index contributed by atoms with van der Waals surface area (Å²) in [6.45, 7) is 0.295. The van der Waals surface area contributed by atoms with Gasteiger partial charge in [-0.05, 0) is 53.4 Å². The fourth-order valence-corrected chi connectivity index (χ4v) is 6.09. The Labute approximate surface area is 184 Å². The van der Waals surface area contributed by atoms with Crippen molar-refractivity contribution in [3.63, 3.8) is 0 Å². The number of hydrogen-bond donors (Lipinski definition) is 0. The first-order chi connectivity index (χ1) is 14.5. The minimum atomic E-state index is -3.24. The predicted molar refractivity (Wildman–Crippen MR) is 119 cm³/mol. The van der Waals surface area contributed by atoms with E-state index in [1.54, 1.807) is 59.5 Å². The van der Waals surface area contributed by atoms with Crippen molar-refractivity contribution in [1.29, 1.82) is 0 Å². The average molecular weight is 461 g/mol. The van der Waals surface area contributed by atoms with Crippen LogP contribution in [-0.4, -0.2) is 31.1 Å². The molecule has 8 heteroatoms. The number of hydrogen-bond acceptors (Lipinski definition) is 7. The predicted octanol–water partition coefficient (Wildman–Crippen LogP) is 4.72. The molecule has 0 bridgehead atoms. The maximum atomic E-state index is 12.3. The van der Waals surface area contributed by atoms with Gasteiger partial charge in [0.1, 0.15) is 18.1 Å². The molecule has 0 amide bonds. The molecule has 1 atom stereocenters. The monoisotopic (exact) mass is 460 g/mol. The van der Waals surface area contributed by atoms with Gasteiger partial charge in [-0.15, -0.1) is 11.3 Å². The lowest BCUT2D eigenvalue weighted by Gasteiger charge is -2.08. The smallest absolute Gasteiger partial charge is 0.310 e. The second kappa shape index (κ2) is 9.24. The molecule has 2 heterocycles. The van der Waals surface area contributed by atoms with Crippen molar-refractivity contribution in [2.45, 2.75) is 23.2 Å². The molecule has 1 unspecified atom stereocenters. The van der Waals surface area contributed by atoms with Crippen LogP contribution < -0.4 is 4.74 Å². The molecule has 2 aromatic carbocycles. The van der Waals surface area contributed by atoms with E-state index in [4.69, 9.17) is 9.47 Å². The molecule has 0 saturated carbocycles. The Morgan fingerprint density at radius 1 is 1.00 bits per heavy atom. The highest BCUT2D eigenvalue weighted by molar-refractivity contribution is 8.08. The van der Waals surface area contributed by atoms with Gasteiger partial charge in [0.15, 0.2) is 9.84 Å². The molecule has 0 aliphatic carbocycles. The maximum absolute atomic E-state index is 12.3. The second-order valence-electron chi connectivity index (χ2n) is 6.87. The Bertz CT molecular complexity index is 1080. The third kappa shape index (κ3) is 5.87. The molecule has 0 spiro atoms. The van der Waals surface area contributed by atoms with Crippen molar-refractivity contribution in [1.82, 2.24) is 0 Å². The quantitative estimate of drug-likeness (QED) is 0.340. The summed E-state index contributed by atoms with van der Waals surface area (Å²) in [7, 11) is -3.24. The van der Waals surface area contributed by atoms with E-state index in [-0.39, 0.29) is 23.4 Å². The van der Waals surface area contributed by atoms with Gasteiger partial charge in [-0.1, -0.05) is 18.2 Å². The van der Waals surface area contributed by atoms with Crippen LogP contribution in [0.5, 0.6) is 11.5 Å². The Hall–Kier alpha value is -2.29. The van der Waals surface area contributed by atoms with E-state index in [1.807, 2.05) is 29.6 Å². The van der Waals surface area contributed by atoms with E-state index >= 15 is 0 Å². The van der Waals surface area contributed by atoms with Gasteiger partial charge >= 0.3 is 5.97 Å². The van der Waals surface area contributed by atoms with Crippen LogP contribution in [0, 0.1) is 0 Å². The van der Waals surface area contributed by atoms with Crippen molar-refractivity contribution >= 4 is 38.9 Å². The molecular formula is C22H20O5S3. The summed E-state index contributed by atoms with van der Waals surface area (Å²) < 4.78 is 35.7. The van der Waals surface area contributed by atoms with Gasteiger partial charge in [0.25, 0.3) is 0 Å². The van der Waals surface area contributed by atoms with Crippen molar-refractivity contribution in [2.24, 2.45) is 0 Å². The number of esters is 1. The number of sulfone groups is 1. The normalized spacial score (nSPS) is 15.5. The van der Waals surface area contributed by atoms with Crippen molar-refractivity contribution < 1.29 is 22.7 Å². The lowest BCUT2D eigenvalue weighted by Crippen LogP contribution is -2.10. The third-order valence-electron chi connectivity index (χ3n) is 4.45. The van der Waals surface area contributed by atoms with Crippen molar-refractivity contribution in [3.05, 3.63) is 76.5 Å². The maximum Gasteiger partial charge on any atom is 0.310 e. The Balaban J connectivity index is 1.30. The molecule has 1 aromatic heterocycles. The van der Waals surface area contributed by atoms with Gasteiger partial charge in [0, 0.05) is 15.9 Å². The van der Waals surface area contributed by atoms with Gasteiger partial charge < -0.3 is 9.47 Å². The number of thioether (sulfide) groups is 1. The number of ether oxygens (including phenoxy) is 2. The van der Waals surface area contributed by atoms with Gasteiger partial charge in [-0.25, -0.2) is 8.42 Å². The first kappa shape index (κ1) is 21.0. The standard InChI is InChI=1S/C22H20O5S3/c23-22(26-13-19-2-1-11-28-19)12-16-3-5-17(6-4-16)27-18-7-9-21(10-8-18)30(24,25)15-20-14-29-20/h1-11,20H,12-15H2. The Kier molecular flexibility index (Phi) is 6.46. The third-order valence-corrected chi connectivity index (χ3v) is 8.32. The summed E-state index contributed by atoms with van der Waals surface area (Å²) in [6, 6.07) is 17.5. The number of carbonyl (C=O) groups is 1. The fraction of sp³-hybridized carbons (Fsp3) is 0.227. The topological polar surface area (TPSA) is 69.7 Å². The Morgan fingerprint density at radius 3 is 2.27 bits per heavy atom. The molecule has 30 heavy (non-hydrogen) atoms. The van der Waals surface area contributed by atoms with Crippen LogP contribution in [0.1, 0.15) is 10.4 Å². The molecule has 3 aromatic rings.